The van der Waals surface area contributed by atoms with E-state index in [1.165, 1.54) is 65.9 Å². The van der Waals surface area contributed by atoms with Gasteiger partial charge in [-0.15, -0.1) is 0 Å². The van der Waals surface area contributed by atoms with Crippen LogP contribution in [0.4, 0.5) is 34.1 Å². The molecule has 8 aromatic rings. The molecule has 0 aliphatic carbocycles. The van der Waals surface area contributed by atoms with Gasteiger partial charge in [-0.2, -0.15) is 0 Å². The van der Waals surface area contributed by atoms with Crippen LogP contribution in [0.5, 0.6) is 0 Å². The van der Waals surface area contributed by atoms with Gasteiger partial charge in [-0.3, -0.25) is 0 Å². The molecular weight excluding hydrogens is 677 g/mol. The van der Waals surface area contributed by atoms with Crippen LogP contribution in [0.2, 0.25) is 0 Å². The molecule has 0 aliphatic heterocycles. The molecule has 0 unspecified atom stereocenters. The number of benzene rings is 8. The fourth-order valence-corrected chi connectivity index (χ4v) is 8.22. The molecule has 0 aromatic heterocycles. The minimum absolute atomic E-state index is 0.447. The molecule has 0 radical (unpaired) electrons. The molecule has 0 atom stereocenters. The molecule has 0 amide bonds. The van der Waals surface area contributed by atoms with Gasteiger partial charge in [0.25, 0.3) is 0 Å². The lowest BCUT2D eigenvalue weighted by Crippen LogP contribution is -2.15. The van der Waals surface area contributed by atoms with Crippen molar-refractivity contribution in [3.63, 3.8) is 0 Å². The lowest BCUT2D eigenvalue weighted by Gasteiger charge is -2.33. The van der Waals surface area contributed by atoms with E-state index in [2.05, 4.69) is 223 Å². The van der Waals surface area contributed by atoms with Crippen molar-refractivity contribution in [2.45, 2.75) is 79.1 Å². The Morgan fingerprint density at radius 2 is 0.607 bits per heavy atom. The standard InChI is InChI=1S/C54H54N2/c1-35(2)39-17-26-44(27-18-39)55(45-28-19-40(20-29-45)36(3)4)53-49-15-11-12-16-50(49)54(52-48-14-10-9-13-43(48)25-34-51(52)53)56(46-30-21-41(22-31-46)37(5)6)47-32-23-42(24-33-47)38(7)8/h9-38H,1-8H3. The third-order valence-corrected chi connectivity index (χ3v) is 11.6. The van der Waals surface area contributed by atoms with E-state index in [1.807, 2.05) is 0 Å². The monoisotopic (exact) mass is 730 g/mol. The van der Waals surface area contributed by atoms with Crippen molar-refractivity contribution in [3.05, 3.63) is 180 Å². The van der Waals surface area contributed by atoms with Crippen LogP contribution in [-0.4, -0.2) is 0 Å². The lowest BCUT2D eigenvalue weighted by molar-refractivity contribution is 0.866. The first-order chi connectivity index (χ1) is 27.1. The van der Waals surface area contributed by atoms with E-state index in [9.17, 15) is 0 Å². The molecule has 0 N–H and O–H groups in total. The smallest absolute Gasteiger partial charge is 0.0626 e. The topological polar surface area (TPSA) is 6.48 Å². The van der Waals surface area contributed by atoms with Gasteiger partial charge in [-0.1, -0.05) is 165 Å². The van der Waals surface area contributed by atoms with E-state index in [0.717, 1.165) is 22.7 Å². The highest BCUT2D eigenvalue weighted by Crippen LogP contribution is 2.53. The zero-order valence-corrected chi connectivity index (χ0v) is 34.2. The first kappa shape index (κ1) is 37.1. The fourth-order valence-electron chi connectivity index (χ4n) is 8.22. The van der Waals surface area contributed by atoms with Crippen molar-refractivity contribution in [2.75, 3.05) is 9.80 Å². The maximum Gasteiger partial charge on any atom is 0.0626 e. The van der Waals surface area contributed by atoms with Crippen LogP contribution in [-0.2, 0) is 0 Å². The second kappa shape index (κ2) is 15.3. The molecule has 56 heavy (non-hydrogen) atoms. The van der Waals surface area contributed by atoms with Crippen molar-refractivity contribution >= 4 is 66.4 Å². The minimum atomic E-state index is 0.447. The Kier molecular flexibility index (Phi) is 10.2. The second-order valence-corrected chi connectivity index (χ2v) is 16.6. The SMILES string of the molecule is CC(C)c1ccc(N(c2ccc(C(C)C)cc2)c2c3ccccc3c(N(c3ccc(C(C)C)cc3)c3ccc(C(C)C)cc3)c3c2ccc2ccccc23)cc1. The van der Waals surface area contributed by atoms with Crippen molar-refractivity contribution in [3.8, 4) is 0 Å². The van der Waals surface area contributed by atoms with Crippen molar-refractivity contribution in [2.24, 2.45) is 0 Å². The maximum atomic E-state index is 2.51. The van der Waals surface area contributed by atoms with Gasteiger partial charge in [-0.25, -0.2) is 0 Å². The van der Waals surface area contributed by atoms with Crippen LogP contribution in [0.25, 0.3) is 32.3 Å². The lowest BCUT2D eigenvalue weighted by atomic mass is 9.91. The molecule has 0 spiro atoms. The largest absolute Gasteiger partial charge is 0.309 e. The van der Waals surface area contributed by atoms with Gasteiger partial charge >= 0.3 is 0 Å². The Hall–Kier alpha value is -5.86. The summed E-state index contributed by atoms with van der Waals surface area (Å²) in [5, 5.41) is 7.31. The van der Waals surface area contributed by atoms with E-state index in [0.29, 0.717) is 23.7 Å². The van der Waals surface area contributed by atoms with Crippen LogP contribution in [0.3, 0.4) is 0 Å². The molecule has 0 bridgehead atoms. The predicted molar refractivity (Wildman–Crippen MR) is 245 cm³/mol. The molecule has 0 fully saturated rings. The van der Waals surface area contributed by atoms with Crippen LogP contribution < -0.4 is 9.80 Å². The van der Waals surface area contributed by atoms with Crippen molar-refractivity contribution in [1.29, 1.82) is 0 Å². The summed E-state index contributed by atoms with van der Waals surface area (Å²) >= 11 is 0. The van der Waals surface area contributed by atoms with E-state index < -0.39 is 0 Å². The number of rotatable bonds is 10. The Morgan fingerprint density at radius 1 is 0.286 bits per heavy atom. The summed E-state index contributed by atoms with van der Waals surface area (Å²) in [6.07, 6.45) is 0. The molecule has 0 heterocycles. The van der Waals surface area contributed by atoms with Crippen LogP contribution in [0.1, 0.15) is 101 Å². The van der Waals surface area contributed by atoms with Gasteiger partial charge < -0.3 is 9.80 Å². The zero-order chi connectivity index (χ0) is 39.1. The number of hydrogen-bond acceptors (Lipinski definition) is 2. The Bertz CT molecular complexity index is 2510. The van der Waals surface area contributed by atoms with Crippen LogP contribution in [0, 0.1) is 0 Å². The number of anilines is 6. The van der Waals surface area contributed by atoms with Gasteiger partial charge in [-0.05, 0) is 105 Å². The molecule has 2 heteroatoms. The summed E-state index contributed by atoms with van der Waals surface area (Å²) in [6, 6.07) is 59.5. The molecule has 0 saturated heterocycles. The minimum Gasteiger partial charge on any atom is -0.309 e. The summed E-state index contributed by atoms with van der Waals surface area (Å²) in [6.45, 7) is 18.1. The average Bonchev–Trinajstić information content (AvgIpc) is 3.22. The van der Waals surface area contributed by atoms with Crippen molar-refractivity contribution < 1.29 is 0 Å². The Morgan fingerprint density at radius 3 is 0.982 bits per heavy atom. The van der Waals surface area contributed by atoms with Gasteiger partial charge in [0.2, 0.25) is 0 Å². The number of fused-ring (bicyclic) bond motifs is 4. The highest BCUT2D eigenvalue weighted by Gasteiger charge is 2.27. The molecule has 280 valence electrons. The fraction of sp³-hybridized carbons (Fsp3) is 0.222. The zero-order valence-electron chi connectivity index (χ0n) is 34.2. The highest BCUT2D eigenvalue weighted by molar-refractivity contribution is 6.29. The van der Waals surface area contributed by atoms with Gasteiger partial charge in [0, 0.05) is 44.3 Å². The number of nitrogens with zero attached hydrogens (tertiary/aromatic N) is 2. The molecular formula is C54H54N2. The summed E-state index contributed by atoms with van der Waals surface area (Å²) in [5.41, 5.74) is 12.3. The van der Waals surface area contributed by atoms with Crippen LogP contribution in [0.15, 0.2) is 158 Å². The first-order valence-corrected chi connectivity index (χ1v) is 20.5. The Labute approximate surface area is 334 Å². The molecule has 0 aliphatic rings. The first-order valence-electron chi connectivity index (χ1n) is 20.5. The van der Waals surface area contributed by atoms with E-state index in [1.54, 1.807) is 0 Å². The third-order valence-electron chi connectivity index (χ3n) is 11.6. The summed E-state index contributed by atoms with van der Waals surface area (Å²) < 4.78 is 0. The van der Waals surface area contributed by atoms with Crippen molar-refractivity contribution in [1.82, 2.24) is 0 Å². The predicted octanol–water partition coefficient (Wildman–Crippen LogP) is 16.6. The molecule has 8 rings (SSSR count). The summed E-state index contributed by atoms with van der Waals surface area (Å²) in [5.74, 6) is 1.79. The molecule has 2 nitrogen and oxygen atoms in total. The summed E-state index contributed by atoms with van der Waals surface area (Å²) in [4.78, 5) is 5.00. The summed E-state index contributed by atoms with van der Waals surface area (Å²) in [7, 11) is 0. The van der Waals surface area contributed by atoms with E-state index in [4.69, 9.17) is 0 Å². The Balaban J connectivity index is 1.51. The van der Waals surface area contributed by atoms with E-state index in [-0.39, 0.29) is 0 Å². The average molecular weight is 731 g/mol. The third kappa shape index (κ3) is 6.83. The highest BCUT2D eigenvalue weighted by atomic mass is 15.2. The number of hydrogen-bond donors (Lipinski definition) is 0. The molecule has 8 aromatic carbocycles. The van der Waals surface area contributed by atoms with Gasteiger partial charge in [0.05, 0.1) is 11.4 Å². The van der Waals surface area contributed by atoms with Crippen LogP contribution >= 0.6 is 0 Å². The quantitative estimate of drug-likeness (QED) is 0.0785. The second-order valence-electron chi connectivity index (χ2n) is 16.6. The van der Waals surface area contributed by atoms with E-state index >= 15 is 0 Å². The normalized spacial score (nSPS) is 11.9. The molecule has 0 saturated carbocycles. The van der Waals surface area contributed by atoms with Gasteiger partial charge in [0.1, 0.15) is 0 Å². The maximum absolute atomic E-state index is 2.51. The van der Waals surface area contributed by atoms with Gasteiger partial charge in [0.15, 0.2) is 0 Å².